The maximum absolute atomic E-state index is 4.94. The molecule has 1 aromatic heterocycles. The van der Waals surface area contributed by atoms with Gasteiger partial charge in [0.15, 0.2) is 0 Å². The molecule has 0 unspecified atom stereocenters. The van der Waals surface area contributed by atoms with Crippen molar-refractivity contribution in [2.24, 2.45) is 0 Å². The maximum atomic E-state index is 4.94. The van der Waals surface area contributed by atoms with Crippen LogP contribution in [-0.4, -0.2) is 20.1 Å². The van der Waals surface area contributed by atoms with Crippen LogP contribution in [0.1, 0.15) is 12.8 Å². The van der Waals surface area contributed by atoms with Crippen molar-refractivity contribution in [3.63, 3.8) is 0 Å². The molecule has 0 bridgehead atoms. The molecule has 0 saturated carbocycles. The molecule has 0 aromatic carbocycles. The Morgan fingerprint density at radius 3 is 1.67 bits per heavy atom. The molecule has 0 atom stereocenters. The quantitative estimate of drug-likeness (QED) is 0.575. The first kappa shape index (κ1) is 11.3. The molecule has 1 saturated heterocycles. The number of hydrogen-bond acceptors (Lipinski definition) is 1. The van der Waals surface area contributed by atoms with Crippen molar-refractivity contribution in [2.75, 3.05) is 13.2 Å². The molecule has 0 radical (unpaired) electrons. The van der Waals surface area contributed by atoms with E-state index in [-0.39, 0.29) is 4.70 Å². The van der Waals surface area contributed by atoms with Gasteiger partial charge >= 0.3 is 37.0 Å². The molecular weight excluding hydrogens is 154 g/mol. The monoisotopic (exact) mass is 168 g/mol. The average Bonchev–Trinajstić information content (AvgIpc) is 2.64. The number of rotatable bonds is 0. The number of halogens is 1. The van der Waals surface area contributed by atoms with Gasteiger partial charge in [-0.1, -0.05) is 0 Å². The third-order valence-corrected chi connectivity index (χ3v) is 1.49. The Hall–Kier alpha value is -0.695. The second-order valence-electron chi connectivity index (χ2n) is 2.47. The van der Waals surface area contributed by atoms with Crippen molar-refractivity contribution in [2.45, 2.75) is 12.8 Å². The van der Waals surface area contributed by atoms with Gasteiger partial charge in [0.05, 0.1) is 0 Å². The van der Waals surface area contributed by atoms with Gasteiger partial charge in [0.25, 0.3) is 0 Å². The van der Waals surface area contributed by atoms with Gasteiger partial charge in [0.2, 0.25) is 0 Å². The van der Waals surface area contributed by atoms with Crippen molar-refractivity contribution in [3.05, 3.63) is 30.1 Å². The van der Waals surface area contributed by atoms with Gasteiger partial charge in [-0.2, -0.15) is 0 Å². The third kappa shape index (κ3) is 6.04. The van der Waals surface area contributed by atoms with Crippen LogP contribution in [0.15, 0.2) is 30.1 Å². The SMILES string of the molecule is C1CCOC1.F.b1ccccc1. The van der Waals surface area contributed by atoms with Crippen LogP contribution in [-0.2, 0) is 4.74 Å². The van der Waals surface area contributed by atoms with Crippen LogP contribution < -0.4 is 0 Å². The Morgan fingerprint density at radius 2 is 1.50 bits per heavy atom. The molecule has 0 aliphatic carbocycles. The van der Waals surface area contributed by atoms with Crippen molar-refractivity contribution in [1.29, 1.82) is 0 Å². The van der Waals surface area contributed by atoms with Crippen LogP contribution >= 0.6 is 0 Å². The molecule has 2 rings (SSSR count). The molecule has 12 heavy (non-hydrogen) atoms. The van der Waals surface area contributed by atoms with E-state index in [4.69, 9.17) is 4.74 Å². The van der Waals surface area contributed by atoms with Crippen LogP contribution in [0.25, 0.3) is 0 Å². The van der Waals surface area contributed by atoms with E-state index in [0.717, 1.165) is 13.2 Å². The van der Waals surface area contributed by atoms with Gasteiger partial charge < -0.3 is 4.74 Å². The summed E-state index contributed by atoms with van der Waals surface area (Å²) in [6, 6.07) is 6.00. The molecule has 3 heteroatoms. The minimum absolute atomic E-state index is 0. The summed E-state index contributed by atoms with van der Waals surface area (Å²) in [4.78, 5) is 0. The minimum atomic E-state index is 0. The predicted octanol–water partition coefficient (Wildman–Crippen LogP) is 1.97. The molecule has 1 aliphatic heterocycles. The first-order valence-electron chi connectivity index (χ1n) is 4.08. The number of hydrogen-bond donors (Lipinski definition) is 0. The van der Waals surface area contributed by atoms with Crippen LogP contribution in [0.3, 0.4) is 0 Å². The zero-order chi connectivity index (χ0) is 7.78. The van der Waals surface area contributed by atoms with E-state index in [1.165, 1.54) is 12.8 Å². The Balaban J connectivity index is 0.000000189. The molecule has 1 aromatic rings. The molecule has 1 fully saturated rings. The standard InChI is InChI=1S/C5H5B.C4H8O.FH/c1-2-4-6-5-3-1;1-2-4-5-3-1;/h1-5H;1-4H2;1H. The summed E-state index contributed by atoms with van der Waals surface area (Å²) in [7, 11) is 0. The Bertz CT molecular complexity index is 131. The Morgan fingerprint density at radius 1 is 0.917 bits per heavy atom. The van der Waals surface area contributed by atoms with E-state index in [0.29, 0.717) is 0 Å². The molecule has 0 spiro atoms. The summed E-state index contributed by atoms with van der Waals surface area (Å²) in [6.07, 6.45) is 2.56. The number of ether oxygens (including phenoxy) is 1. The summed E-state index contributed by atoms with van der Waals surface area (Å²) in [5.41, 5.74) is 0. The van der Waals surface area contributed by atoms with E-state index in [1.807, 2.05) is 37.0 Å². The van der Waals surface area contributed by atoms with Crippen molar-refractivity contribution >= 4 is 6.91 Å². The zero-order valence-electron chi connectivity index (χ0n) is 7.11. The summed E-state index contributed by atoms with van der Waals surface area (Å²) < 4.78 is 4.94. The van der Waals surface area contributed by atoms with Crippen molar-refractivity contribution in [1.82, 2.24) is 0 Å². The fourth-order valence-corrected chi connectivity index (χ4v) is 0.895. The zero-order valence-corrected chi connectivity index (χ0v) is 7.11. The Labute approximate surface area is 73.3 Å². The Kier molecular flexibility index (Phi) is 7.92. The molecule has 66 valence electrons. The average molecular weight is 168 g/mol. The van der Waals surface area contributed by atoms with Crippen LogP contribution in [0.4, 0.5) is 4.70 Å². The molecule has 0 amide bonds. The second-order valence-corrected chi connectivity index (χ2v) is 2.47. The van der Waals surface area contributed by atoms with Gasteiger partial charge in [0.1, 0.15) is 0 Å². The molecule has 0 N–H and O–H groups in total. The van der Waals surface area contributed by atoms with E-state index >= 15 is 0 Å². The van der Waals surface area contributed by atoms with Gasteiger partial charge in [-0.25, -0.2) is 0 Å². The van der Waals surface area contributed by atoms with Gasteiger partial charge in [-0.05, 0) is 12.8 Å². The van der Waals surface area contributed by atoms with Crippen LogP contribution in [0.2, 0.25) is 0 Å². The van der Waals surface area contributed by atoms with Crippen molar-refractivity contribution < 1.29 is 9.44 Å². The molecular formula is C9H14BFO. The first-order valence-corrected chi connectivity index (χ1v) is 4.08. The van der Waals surface area contributed by atoms with E-state index in [2.05, 4.69) is 0 Å². The van der Waals surface area contributed by atoms with Crippen LogP contribution in [0.5, 0.6) is 0 Å². The topological polar surface area (TPSA) is 9.23 Å². The molecule has 2 heterocycles. The van der Waals surface area contributed by atoms with Gasteiger partial charge in [-0.3, -0.25) is 4.70 Å². The summed E-state index contributed by atoms with van der Waals surface area (Å²) >= 11 is 0. The normalized spacial score (nSPS) is 13.7. The first-order chi connectivity index (χ1) is 5.50. The van der Waals surface area contributed by atoms with E-state index in [1.54, 1.807) is 0 Å². The predicted molar refractivity (Wildman–Crippen MR) is 50.3 cm³/mol. The van der Waals surface area contributed by atoms with Crippen molar-refractivity contribution in [3.8, 4) is 0 Å². The van der Waals surface area contributed by atoms with Crippen LogP contribution in [0, 0.1) is 0 Å². The van der Waals surface area contributed by atoms with Gasteiger partial charge in [-0.15, -0.1) is 0 Å². The summed E-state index contributed by atoms with van der Waals surface area (Å²) in [6.45, 7) is 4.00. The molecule has 1 aliphatic rings. The summed E-state index contributed by atoms with van der Waals surface area (Å²) in [5, 5.41) is 0. The summed E-state index contributed by atoms with van der Waals surface area (Å²) in [5.74, 6) is 4.00. The van der Waals surface area contributed by atoms with E-state index < -0.39 is 0 Å². The van der Waals surface area contributed by atoms with E-state index in [9.17, 15) is 0 Å². The third-order valence-electron chi connectivity index (χ3n) is 1.49. The molecule has 1 nitrogen and oxygen atoms in total. The van der Waals surface area contributed by atoms with Gasteiger partial charge in [0, 0.05) is 13.2 Å². The second kappa shape index (κ2) is 8.40. The fraction of sp³-hybridized carbons (Fsp3) is 0.444. The fourth-order valence-electron chi connectivity index (χ4n) is 0.895.